The van der Waals surface area contributed by atoms with Gasteiger partial charge in [-0.2, -0.15) is 15.8 Å². The molecule has 15 nitrogen and oxygen atoms in total. The third-order valence-electron chi connectivity index (χ3n) is 5.64. The predicted octanol–water partition coefficient (Wildman–Crippen LogP) is -1.52. The Labute approximate surface area is 328 Å². The Morgan fingerprint density at radius 1 is 0.481 bits per heavy atom. The van der Waals surface area contributed by atoms with Crippen molar-refractivity contribution in [3.63, 3.8) is 0 Å². The average molecular weight is 820 g/mol. The van der Waals surface area contributed by atoms with Crippen LogP contribution in [-0.2, 0) is 36.7 Å². The second kappa shape index (κ2) is 29.5. The van der Waals surface area contributed by atoms with Gasteiger partial charge in [-0.1, -0.05) is 78.9 Å². The molecule has 5 aromatic rings. The quantitative estimate of drug-likeness (QED) is 0.161. The van der Waals surface area contributed by atoms with Crippen LogP contribution < -0.4 is 37.3 Å². The fourth-order valence-electron chi connectivity index (χ4n) is 4.02. The van der Waals surface area contributed by atoms with E-state index in [1.54, 1.807) is 18.2 Å². The Bertz CT molecular complexity index is 1700. The van der Waals surface area contributed by atoms with Gasteiger partial charge in [-0.25, -0.2) is 37.3 Å². The second-order valence-electron chi connectivity index (χ2n) is 9.65. The largest absolute Gasteiger partial charge is 3.00 e. The molecule has 0 bridgehead atoms. The smallest absolute Gasteiger partial charge is 0.286 e. The molecular formula is C36H35Cl2FeN7O8+. The molecule has 0 aliphatic heterocycles. The maximum absolute atomic E-state index is 8.49. The van der Waals surface area contributed by atoms with E-state index < -0.39 is 20.5 Å². The van der Waals surface area contributed by atoms with Gasteiger partial charge in [0, 0.05) is 57.7 Å². The van der Waals surface area contributed by atoms with Crippen LogP contribution in [0.3, 0.4) is 0 Å². The number of hydrogen-bond acceptors (Lipinski definition) is 15. The van der Waals surface area contributed by atoms with E-state index in [-0.39, 0.29) is 17.1 Å². The van der Waals surface area contributed by atoms with Gasteiger partial charge in [-0.05, 0) is 36.4 Å². The fraction of sp³-hybridized carbons (Fsp3) is 0.167. The molecule has 0 saturated carbocycles. The molecular weight excluding hydrogens is 785 g/mol. The van der Waals surface area contributed by atoms with Crippen molar-refractivity contribution in [2.75, 3.05) is 0 Å². The van der Waals surface area contributed by atoms with Crippen LogP contribution in [0.4, 0.5) is 0 Å². The normalized spacial score (nSPS) is 9.57. The van der Waals surface area contributed by atoms with Gasteiger partial charge in [0.05, 0.1) is 46.7 Å². The van der Waals surface area contributed by atoms with Crippen LogP contribution in [0.2, 0.25) is 0 Å². The number of benzene rings is 2. The Balaban J connectivity index is 0. The van der Waals surface area contributed by atoms with Gasteiger partial charge >= 0.3 is 17.1 Å². The van der Waals surface area contributed by atoms with Gasteiger partial charge in [-0.15, -0.1) is 20.5 Å². The van der Waals surface area contributed by atoms with Crippen LogP contribution in [0.25, 0.3) is 22.5 Å². The molecule has 0 N–H and O–H groups in total. The first-order valence-corrected chi connectivity index (χ1v) is 17.4. The molecule has 0 aliphatic carbocycles. The molecule has 283 valence electrons. The summed E-state index contributed by atoms with van der Waals surface area (Å²) in [5, 5.41) is 22.0. The summed E-state index contributed by atoms with van der Waals surface area (Å²) in [6.07, 6.45) is 1.84. The average Bonchev–Trinajstić information content (AvgIpc) is 3.09. The Morgan fingerprint density at radius 2 is 0.778 bits per heavy atom. The first-order chi connectivity index (χ1) is 25.1. The van der Waals surface area contributed by atoms with Gasteiger partial charge in [-0.3, -0.25) is 19.9 Å². The van der Waals surface area contributed by atoms with E-state index in [4.69, 9.17) is 63.0 Å². The van der Waals surface area contributed by atoms with E-state index >= 15 is 0 Å². The fourth-order valence-corrected chi connectivity index (χ4v) is 4.02. The van der Waals surface area contributed by atoms with Gasteiger partial charge in [0.25, 0.3) is 0 Å². The van der Waals surface area contributed by atoms with Crippen molar-refractivity contribution in [3.8, 4) is 40.7 Å². The van der Waals surface area contributed by atoms with Crippen molar-refractivity contribution in [3.05, 3.63) is 139 Å². The molecule has 3 aromatic heterocycles. The zero-order chi connectivity index (χ0) is 40.1. The number of rotatable bonds is 8. The van der Waals surface area contributed by atoms with Crippen molar-refractivity contribution in [1.82, 2.24) is 19.9 Å². The van der Waals surface area contributed by atoms with E-state index in [0.29, 0.717) is 13.1 Å². The first kappa shape index (κ1) is 51.2. The van der Waals surface area contributed by atoms with E-state index in [0.717, 1.165) is 46.1 Å². The molecule has 0 unspecified atom stereocenters. The number of nitrogens with zero attached hydrogens (tertiary/aromatic N) is 7. The molecule has 0 fully saturated rings. The van der Waals surface area contributed by atoms with Gasteiger partial charge in [0.15, 0.2) is 0 Å². The standard InChI is InChI=1S/C30H26N4.3C2H3N.2ClHO4.Fe/c1-3-11-24(12-4-1)29-18-9-16-27(32-29)22-34(21-26-15-7-8-20-31-26)23-28-17-10-19-30(33-28)25-13-5-2-6-14-25;3*1-2-3;2*2-1(3,4)5;/h1-20H,21-23H2;3*1H3;2*(H,2,3,4,5);/q;;;;;;+3/p-2. The summed E-state index contributed by atoms with van der Waals surface area (Å²) >= 11 is 0. The van der Waals surface area contributed by atoms with E-state index in [9.17, 15) is 0 Å². The third kappa shape index (κ3) is 28.7. The van der Waals surface area contributed by atoms with Crippen molar-refractivity contribution in [2.45, 2.75) is 40.4 Å². The predicted molar refractivity (Wildman–Crippen MR) is 170 cm³/mol. The molecule has 0 aliphatic rings. The minimum atomic E-state index is -4.94. The van der Waals surface area contributed by atoms with Crippen LogP contribution >= 0.6 is 0 Å². The summed E-state index contributed by atoms with van der Waals surface area (Å²) in [4.78, 5) is 16.8. The maximum atomic E-state index is 8.49. The number of nitriles is 3. The molecule has 0 atom stereocenters. The van der Waals surface area contributed by atoms with Crippen LogP contribution in [-0.4, -0.2) is 19.9 Å². The molecule has 18 heteroatoms. The van der Waals surface area contributed by atoms with E-state index in [1.165, 1.54) is 20.8 Å². The monoisotopic (exact) mass is 819 g/mol. The number of halogens is 2. The van der Waals surface area contributed by atoms with Crippen LogP contribution in [0.15, 0.2) is 121 Å². The number of hydrogen-bond donors (Lipinski definition) is 0. The summed E-state index contributed by atoms with van der Waals surface area (Å²) in [5.41, 5.74) is 7.30. The summed E-state index contributed by atoms with van der Waals surface area (Å²) in [5.74, 6) is 0. The third-order valence-corrected chi connectivity index (χ3v) is 5.64. The molecule has 1 radical (unpaired) electrons. The zero-order valence-corrected chi connectivity index (χ0v) is 31.8. The van der Waals surface area contributed by atoms with E-state index in [1.807, 2.05) is 54.7 Å². The molecule has 5 rings (SSSR count). The van der Waals surface area contributed by atoms with Crippen LogP contribution in [0.1, 0.15) is 37.9 Å². The minimum absolute atomic E-state index is 0. The molecule has 3 heterocycles. The minimum Gasteiger partial charge on any atom is -0.286 e. The first-order valence-electron chi connectivity index (χ1n) is 14.9. The van der Waals surface area contributed by atoms with Crippen LogP contribution in [0, 0.1) is 54.5 Å². The van der Waals surface area contributed by atoms with Gasteiger partial charge in [0.2, 0.25) is 0 Å². The summed E-state index contributed by atoms with van der Waals surface area (Å²) in [6.45, 7) is 6.41. The Kier molecular flexibility index (Phi) is 28.0. The van der Waals surface area contributed by atoms with Crippen molar-refractivity contribution in [2.24, 2.45) is 0 Å². The maximum Gasteiger partial charge on any atom is 3.00 e. The molecule has 0 spiro atoms. The van der Waals surface area contributed by atoms with Crippen molar-refractivity contribution < 1.29 is 74.8 Å². The van der Waals surface area contributed by atoms with Crippen LogP contribution in [0.5, 0.6) is 0 Å². The number of aromatic nitrogens is 3. The summed E-state index contributed by atoms with van der Waals surface area (Å²) < 4.78 is 67.9. The molecule has 54 heavy (non-hydrogen) atoms. The van der Waals surface area contributed by atoms with E-state index in [2.05, 4.69) is 76.6 Å². The second-order valence-corrected chi connectivity index (χ2v) is 11.2. The topological polar surface area (TPSA) is 298 Å². The van der Waals surface area contributed by atoms with Crippen molar-refractivity contribution in [1.29, 1.82) is 15.8 Å². The van der Waals surface area contributed by atoms with Crippen molar-refractivity contribution >= 4 is 0 Å². The Hall–Kier alpha value is -4.90. The summed E-state index contributed by atoms with van der Waals surface area (Å²) in [7, 11) is -9.89. The SMILES string of the molecule is CC#N.CC#N.CC#N.[Fe+3].[O-][Cl+3]([O-])([O-])[O-].[O-][Cl+3]([O-])([O-])[O-].c1ccc(-c2cccc(CN(Cc3ccccn3)Cc3cccc(-c4ccccc4)n3)n2)cc1. The molecule has 0 amide bonds. The molecule has 0 saturated heterocycles. The molecule has 2 aromatic carbocycles. The number of pyridine rings is 3. The zero-order valence-electron chi connectivity index (χ0n) is 29.2. The van der Waals surface area contributed by atoms with Gasteiger partial charge < -0.3 is 0 Å². The Morgan fingerprint density at radius 3 is 1.09 bits per heavy atom. The summed E-state index contributed by atoms with van der Waals surface area (Å²) in [6, 6.07) is 44.4. The van der Waals surface area contributed by atoms with Gasteiger partial charge in [0.1, 0.15) is 0 Å².